The van der Waals surface area contributed by atoms with Crippen LogP contribution in [-0.4, -0.2) is 40.1 Å². The van der Waals surface area contributed by atoms with Crippen LogP contribution in [0.15, 0.2) is 35.3 Å². The van der Waals surface area contributed by atoms with Gasteiger partial charge in [0.25, 0.3) is 5.56 Å². The van der Waals surface area contributed by atoms with Crippen LogP contribution in [0, 0.1) is 17.2 Å². The third-order valence-corrected chi connectivity index (χ3v) is 5.12. The van der Waals surface area contributed by atoms with E-state index in [0.717, 1.165) is 25.9 Å². The fraction of sp³-hybridized carbons (Fsp3) is 0.350. The van der Waals surface area contributed by atoms with Crippen molar-refractivity contribution in [1.29, 1.82) is 5.26 Å². The number of anilines is 3. The highest BCUT2D eigenvalue weighted by molar-refractivity contribution is 5.90. The largest absolute Gasteiger partial charge is 0.463 e. The van der Waals surface area contributed by atoms with Gasteiger partial charge in [-0.2, -0.15) is 15.3 Å². The van der Waals surface area contributed by atoms with Gasteiger partial charge in [0, 0.05) is 25.2 Å². The first-order valence-corrected chi connectivity index (χ1v) is 9.61. The molecule has 0 saturated carbocycles. The van der Waals surface area contributed by atoms with Gasteiger partial charge in [0.15, 0.2) is 0 Å². The van der Waals surface area contributed by atoms with E-state index in [-0.39, 0.29) is 0 Å². The van der Waals surface area contributed by atoms with E-state index in [9.17, 15) is 9.18 Å². The summed E-state index contributed by atoms with van der Waals surface area (Å²) in [5, 5.41) is 18.6. The number of H-pyrrole nitrogens is 1. The van der Waals surface area contributed by atoms with E-state index >= 15 is 0 Å². The zero-order valence-corrected chi connectivity index (χ0v) is 16.1. The molecule has 1 aliphatic heterocycles. The lowest BCUT2D eigenvalue weighted by molar-refractivity contribution is 0.192. The topological polar surface area (TPSA) is 120 Å². The molecule has 0 bridgehead atoms. The molecule has 2 aromatic heterocycles. The molecule has 0 atom stereocenters. The van der Waals surface area contributed by atoms with Crippen LogP contribution in [0.5, 0.6) is 5.75 Å². The fourth-order valence-corrected chi connectivity index (χ4v) is 3.52. The number of benzene rings is 1. The predicted molar refractivity (Wildman–Crippen MR) is 109 cm³/mol. The van der Waals surface area contributed by atoms with Crippen molar-refractivity contribution < 1.29 is 9.13 Å². The van der Waals surface area contributed by atoms with Crippen molar-refractivity contribution in [3.63, 3.8) is 0 Å². The number of hydrogen-bond acceptors (Lipinski definition) is 8. The number of hydrogen-bond donors (Lipinski definition) is 2. The number of nitrogens with one attached hydrogen (secondary N) is 2. The van der Waals surface area contributed by atoms with Crippen LogP contribution >= 0.6 is 0 Å². The van der Waals surface area contributed by atoms with Crippen molar-refractivity contribution in [2.75, 3.05) is 30.2 Å². The summed E-state index contributed by atoms with van der Waals surface area (Å²) in [5.74, 6) is 1.65. The van der Waals surface area contributed by atoms with E-state index in [1.54, 1.807) is 24.3 Å². The second-order valence-electron chi connectivity index (χ2n) is 7.03. The van der Waals surface area contributed by atoms with Crippen molar-refractivity contribution >= 4 is 28.4 Å². The number of alkyl halides is 1. The van der Waals surface area contributed by atoms with E-state index in [1.807, 2.05) is 0 Å². The highest BCUT2D eigenvalue weighted by Gasteiger charge is 2.22. The van der Waals surface area contributed by atoms with Gasteiger partial charge in [0.1, 0.15) is 22.5 Å². The van der Waals surface area contributed by atoms with E-state index in [2.05, 4.69) is 36.5 Å². The zero-order chi connectivity index (χ0) is 20.9. The van der Waals surface area contributed by atoms with E-state index in [0.29, 0.717) is 46.4 Å². The number of rotatable bonds is 6. The normalized spacial score (nSPS) is 14.5. The monoisotopic (exact) mass is 409 g/mol. The number of piperidine rings is 1. The summed E-state index contributed by atoms with van der Waals surface area (Å²) < 4.78 is 17.1. The van der Waals surface area contributed by atoms with Crippen molar-refractivity contribution in [3.8, 4) is 11.8 Å². The first kappa shape index (κ1) is 19.6. The van der Waals surface area contributed by atoms with Crippen LogP contribution in [0.3, 0.4) is 0 Å². The number of aromatic amines is 1. The molecular weight excluding hydrogens is 389 g/mol. The summed E-state index contributed by atoms with van der Waals surface area (Å²) >= 11 is 0. The van der Waals surface area contributed by atoms with Crippen LogP contribution in [0.1, 0.15) is 19.3 Å². The molecule has 9 nitrogen and oxygen atoms in total. The first-order chi connectivity index (χ1) is 14.7. The second kappa shape index (κ2) is 8.73. The van der Waals surface area contributed by atoms with E-state index in [4.69, 9.17) is 10.00 Å². The maximum Gasteiger partial charge on any atom is 0.277 e. The van der Waals surface area contributed by atoms with E-state index in [1.165, 1.54) is 6.20 Å². The summed E-state index contributed by atoms with van der Waals surface area (Å²) in [7, 11) is 0. The van der Waals surface area contributed by atoms with Crippen molar-refractivity contribution in [3.05, 3.63) is 40.8 Å². The molecule has 3 heterocycles. The summed E-state index contributed by atoms with van der Waals surface area (Å²) in [6.07, 6.45) is 3.83. The van der Waals surface area contributed by atoms with Crippen molar-refractivity contribution in [1.82, 2.24) is 20.2 Å². The molecule has 30 heavy (non-hydrogen) atoms. The molecule has 10 heteroatoms. The molecule has 0 amide bonds. The highest BCUT2D eigenvalue weighted by atomic mass is 19.1. The van der Waals surface area contributed by atoms with Gasteiger partial charge in [0.05, 0.1) is 12.3 Å². The molecule has 1 aliphatic rings. The predicted octanol–water partition coefficient (Wildman–Crippen LogP) is 2.89. The Labute approximate surface area is 171 Å². The molecule has 0 aliphatic carbocycles. The maximum absolute atomic E-state index is 12.4. The van der Waals surface area contributed by atoms with Crippen molar-refractivity contribution in [2.24, 2.45) is 5.92 Å². The second-order valence-corrected chi connectivity index (χ2v) is 7.03. The number of aromatic nitrogens is 4. The minimum Gasteiger partial charge on any atom is -0.463 e. The number of ether oxygens (including phenoxy) is 1. The molecule has 2 N–H and O–H groups in total. The molecule has 1 saturated heterocycles. The Morgan fingerprint density at radius 2 is 2.03 bits per heavy atom. The smallest absolute Gasteiger partial charge is 0.277 e. The third kappa shape index (κ3) is 4.15. The number of halogens is 1. The van der Waals surface area contributed by atoms with Gasteiger partial charge in [-0.1, -0.05) is 0 Å². The molecule has 0 spiro atoms. The van der Waals surface area contributed by atoms with Crippen LogP contribution in [0.4, 0.5) is 21.8 Å². The summed E-state index contributed by atoms with van der Waals surface area (Å²) in [6.45, 7) is 0.576. The Morgan fingerprint density at radius 1 is 1.27 bits per heavy atom. The van der Waals surface area contributed by atoms with Gasteiger partial charge < -0.3 is 15.0 Å². The Kier molecular flexibility index (Phi) is 5.70. The zero-order valence-electron chi connectivity index (χ0n) is 16.1. The lowest BCUT2D eigenvalue weighted by atomic mass is 9.94. The fourth-order valence-electron chi connectivity index (χ4n) is 3.52. The molecule has 3 aromatic rings. The van der Waals surface area contributed by atoms with Gasteiger partial charge in [-0.25, -0.2) is 14.5 Å². The van der Waals surface area contributed by atoms with Crippen molar-refractivity contribution in [2.45, 2.75) is 19.3 Å². The first-order valence-electron chi connectivity index (χ1n) is 9.61. The minimum atomic E-state index is -0.903. The van der Waals surface area contributed by atoms with E-state index < -0.39 is 12.4 Å². The summed E-state index contributed by atoms with van der Waals surface area (Å²) in [5.41, 5.74) is 0.700. The third-order valence-electron chi connectivity index (χ3n) is 5.12. The lowest BCUT2D eigenvalue weighted by Gasteiger charge is -2.31. The SMILES string of the molecule is N#CCC1CCN(c2nc(Nc3ccc(OCF)cc3)c3c(=O)[nH]ncc3n2)CC1. The van der Waals surface area contributed by atoms with Crippen LogP contribution in [-0.2, 0) is 0 Å². The Hall–Kier alpha value is -3.74. The Bertz CT molecular complexity index is 1120. The van der Waals surface area contributed by atoms with Gasteiger partial charge >= 0.3 is 0 Å². The Morgan fingerprint density at radius 3 is 2.73 bits per heavy atom. The summed E-state index contributed by atoms with van der Waals surface area (Å²) in [4.78, 5) is 23.6. The molecule has 0 unspecified atom stereocenters. The highest BCUT2D eigenvalue weighted by Crippen LogP contribution is 2.28. The Balaban J connectivity index is 1.66. The van der Waals surface area contributed by atoms with Crippen LogP contribution in [0.2, 0.25) is 0 Å². The van der Waals surface area contributed by atoms with Crippen LogP contribution in [0.25, 0.3) is 10.9 Å². The molecule has 1 aromatic carbocycles. The van der Waals surface area contributed by atoms with Gasteiger partial charge in [-0.15, -0.1) is 0 Å². The molecule has 154 valence electrons. The minimum absolute atomic E-state index is 0.303. The number of nitriles is 1. The van der Waals surface area contributed by atoms with Gasteiger partial charge in [0.2, 0.25) is 12.8 Å². The standard InChI is InChI=1S/C20H20FN7O2/c21-12-30-15-3-1-14(2-4-15)24-18-17-16(11-23-27-19(17)29)25-20(26-18)28-9-6-13(5-8-22)7-10-28/h1-4,11,13H,5-7,9-10,12H2,(H,27,29)(H,24,25,26). The molecular formula is C20H20FN7O2. The average molecular weight is 409 g/mol. The molecule has 1 fully saturated rings. The number of fused-ring (bicyclic) bond motifs is 1. The molecule has 4 rings (SSSR count). The van der Waals surface area contributed by atoms with Crippen LogP contribution < -0.4 is 20.5 Å². The summed E-state index contributed by atoms with van der Waals surface area (Å²) in [6, 6.07) is 8.90. The van der Waals surface area contributed by atoms with Gasteiger partial charge in [-0.3, -0.25) is 4.79 Å². The maximum atomic E-state index is 12.4. The average Bonchev–Trinajstić information content (AvgIpc) is 2.76. The van der Waals surface area contributed by atoms with Gasteiger partial charge in [-0.05, 0) is 43.0 Å². The lowest BCUT2D eigenvalue weighted by Crippen LogP contribution is -2.35. The number of nitrogens with zero attached hydrogens (tertiary/aromatic N) is 5. The molecule has 0 radical (unpaired) electrons. The quantitative estimate of drug-likeness (QED) is 0.638.